The number of halogens is 1. The fraction of sp³-hybridized carbons (Fsp3) is 0.333. The number of benzene rings is 2. The Morgan fingerprint density at radius 1 is 1.24 bits per heavy atom. The maximum absolute atomic E-state index is 13.4. The van der Waals surface area contributed by atoms with Gasteiger partial charge in [-0.1, -0.05) is 28.1 Å². The largest absolute Gasteiger partial charge is 0.495 e. The second-order valence-corrected chi connectivity index (χ2v) is 10.1. The second-order valence-electron chi connectivity index (χ2n) is 7.32. The molecule has 13 heteroatoms. The lowest BCUT2D eigenvalue weighted by molar-refractivity contribution is -0.384. The molecule has 2 amide bonds. The van der Waals surface area contributed by atoms with E-state index in [2.05, 4.69) is 21.2 Å². The van der Waals surface area contributed by atoms with Crippen molar-refractivity contribution in [3.8, 4) is 5.75 Å². The Labute approximate surface area is 206 Å². The third-order valence-corrected chi connectivity index (χ3v) is 6.60. The molecule has 0 unspecified atom stereocenters. The van der Waals surface area contributed by atoms with E-state index in [9.17, 15) is 28.1 Å². The van der Waals surface area contributed by atoms with Crippen LogP contribution in [0.3, 0.4) is 0 Å². The number of rotatable bonds is 10. The van der Waals surface area contributed by atoms with Crippen molar-refractivity contribution in [3.63, 3.8) is 0 Å². The van der Waals surface area contributed by atoms with Gasteiger partial charge in [0.25, 0.3) is 5.69 Å². The summed E-state index contributed by atoms with van der Waals surface area (Å²) in [7, 11) is -1.37. The number of nitrogens with one attached hydrogen (secondary N) is 1. The van der Waals surface area contributed by atoms with Crippen LogP contribution < -0.4 is 14.4 Å². The van der Waals surface area contributed by atoms with Crippen molar-refractivity contribution >= 4 is 49.1 Å². The van der Waals surface area contributed by atoms with Gasteiger partial charge in [0.1, 0.15) is 24.0 Å². The van der Waals surface area contributed by atoms with Crippen LogP contribution in [0.5, 0.6) is 5.75 Å². The Kier molecular flexibility index (Phi) is 8.99. The van der Waals surface area contributed by atoms with Crippen molar-refractivity contribution < 1.29 is 27.7 Å². The highest BCUT2D eigenvalue weighted by molar-refractivity contribution is 9.10. The molecule has 1 atom stereocenters. The summed E-state index contributed by atoms with van der Waals surface area (Å²) in [4.78, 5) is 37.6. The fourth-order valence-electron chi connectivity index (χ4n) is 3.21. The third kappa shape index (κ3) is 6.67. The number of hydrogen-bond donors (Lipinski definition) is 1. The second kappa shape index (κ2) is 11.3. The van der Waals surface area contributed by atoms with Crippen molar-refractivity contribution in [2.24, 2.45) is 0 Å². The quantitative estimate of drug-likeness (QED) is 0.349. The minimum atomic E-state index is -4.08. The van der Waals surface area contributed by atoms with Gasteiger partial charge in [-0.25, -0.2) is 8.42 Å². The van der Waals surface area contributed by atoms with E-state index in [-0.39, 0.29) is 23.7 Å². The maximum atomic E-state index is 13.4. The molecule has 2 aromatic carbocycles. The fourth-order valence-corrected chi connectivity index (χ4v) is 4.50. The maximum Gasteiger partial charge on any atom is 0.271 e. The normalized spacial score (nSPS) is 11.9. The van der Waals surface area contributed by atoms with Crippen LogP contribution in [0, 0.1) is 10.1 Å². The van der Waals surface area contributed by atoms with Crippen LogP contribution in [0.2, 0.25) is 0 Å². The Bertz CT molecular complexity index is 1190. The van der Waals surface area contributed by atoms with E-state index in [1.165, 1.54) is 32.0 Å². The van der Waals surface area contributed by atoms with E-state index in [1.807, 2.05) is 0 Å². The summed E-state index contributed by atoms with van der Waals surface area (Å²) in [5.41, 5.74) is 0.168. The van der Waals surface area contributed by atoms with Gasteiger partial charge in [-0.15, -0.1) is 0 Å². The molecular weight excluding hydrogens is 532 g/mol. The molecule has 184 valence electrons. The summed E-state index contributed by atoms with van der Waals surface area (Å²) >= 11 is 3.36. The number of carbonyl (C=O) groups excluding carboxylic acids is 2. The molecule has 0 aromatic heterocycles. The van der Waals surface area contributed by atoms with Gasteiger partial charge in [0, 0.05) is 30.2 Å². The summed E-state index contributed by atoms with van der Waals surface area (Å²) in [6.07, 6.45) is 0.874. The van der Waals surface area contributed by atoms with Crippen molar-refractivity contribution in [3.05, 3.63) is 62.6 Å². The van der Waals surface area contributed by atoms with Crippen molar-refractivity contribution in [1.82, 2.24) is 10.2 Å². The molecule has 0 aliphatic heterocycles. The number of anilines is 1. The van der Waals surface area contributed by atoms with Crippen molar-refractivity contribution in [2.45, 2.75) is 19.5 Å². The first kappa shape index (κ1) is 27.1. The van der Waals surface area contributed by atoms with E-state index < -0.39 is 39.3 Å². The zero-order valence-corrected chi connectivity index (χ0v) is 21.4. The lowest BCUT2D eigenvalue weighted by atomic mass is 10.1. The monoisotopic (exact) mass is 556 g/mol. The van der Waals surface area contributed by atoms with Crippen LogP contribution in [-0.4, -0.2) is 63.1 Å². The SMILES string of the molecule is CNC(=O)[C@H](C)N(Cc1cccc(Br)c1)C(=O)CN(c1cc([N+](=O)[O-])ccc1OC)S(C)(=O)=O. The van der Waals surface area contributed by atoms with Gasteiger partial charge in [-0.3, -0.25) is 24.0 Å². The number of carbonyl (C=O) groups is 2. The molecule has 0 aliphatic carbocycles. The summed E-state index contributed by atoms with van der Waals surface area (Å²) in [5, 5.41) is 13.7. The number of methoxy groups -OCH3 is 1. The Morgan fingerprint density at radius 2 is 1.91 bits per heavy atom. The number of ether oxygens (including phenoxy) is 1. The molecule has 0 heterocycles. The first-order chi connectivity index (χ1) is 15.9. The molecule has 0 radical (unpaired) electrons. The summed E-state index contributed by atoms with van der Waals surface area (Å²) < 4.78 is 32.0. The molecule has 0 saturated carbocycles. The van der Waals surface area contributed by atoms with Gasteiger partial charge >= 0.3 is 0 Å². The first-order valence-electron chi connectivity index (χ1n) is 9.94. The molecule has 0 saturated heterocycles. The van der Waals surface area contributed by atoms with E-state index in [0.29, 0.717) is 5.56 Å². The average molecular weight is 557 g/mol. The number of nitro benzene ring substituents is 1. The smallest absolute Gasteiger partial charge is 0.271 e. The van der Waals surface area contributed by atoms with Crippen LogP contribution in [0.1, 0.15) is 12.5 Å². The van der Waals surface area contributed by atoms with Crippen molar-refractivity contribution in [1.29, 1.82) is 0 Å². The summed E-state index contributed by atoms with van der Waals surface area (Å²) in [6, 6.07) is 9.62. The number of non-ortho nitro benzene ring substituents is 1. The van der Waals surface area contributed by atoms with Gasteiger partial charge in [-0.05, 0) is 30.7 Å². The number of nitro groups is 1. The lowest BCUT2D eigenvalue weighted by Crippen LogP contribution is -2.50. The minimum absolute atomic E-state index is 0.0243. The Hall–Kier alpha value is -3.19. The van der Waals surface area contributed by atoms with Gasteiger partial charge in [0.15, 0.2) is 0 Å². The van der Waals surface area contributed by atoms with E-state index in [4.69, 9.17) is 4.74 Å². The summed E-state index contributed by atoms with van der Waals surface area (Å²) in [6.45, 7) is 0.843. The van der Waals surface area contributed by atoms with Gasteiger partial charge in [-0.2, -0.15) is 0 Å². The predicted octanol–water partition coefficient (Wildman–Crippen LogP) is 2.30. The van der Waals surface area contributed by atoms with Gasteiger partial charge in [0.05, 0.1) is 18.3 Å². The zero-order chi connectivity index (χ0) is 25.6. The summed E-state index contributed by atoms with van der Waals surface area (Å²) in [5.74, 6) is -1.10. The molecule has 1 N–H and O–H groups in total. The average Bonchev–Trinajstić information content (AvgIpc) is 2.78. The van der Waals surface area contributed by atoms with Gasteiger partial charge in [0.2, 0.25) is 21.8 Å². The van der Waals surface area contributed by atoms with E-state index in [1.54, 1.807) is 24.3 Å². The predicted molar refractivity (Wildman–Crippen MR) is 130 cm³/mol. The molecule has 11 nitrogen and oxygen atoms in total. The number of nitrogens with zero attached hydrogens (tertiary/aromatic N) is 3. The van der Waals surface area contributed by atoms with Crippen LogP contribution in [0.15, 0.2) is 46.9 Å². The molecular formula is C21H25BrN4O7S. The number of sulfonamides is 1. The zero-order valence-electron chi connectivity index (χ0n) is 19.0. The van der Waals surface area contributed by atoms with Gasteiger partial charge < -0.3 is 15.0 Å². The van der Waals surface area contributed by atoms with Crippen LogP contribution in [-0.2, 0) is 26.2 Å². The molecule has 0 aliphatic rings. The van der Waals surface area contributed by atoms with Crippen LogP contribution in [0.4, 0.5) is 11.4 Å². The third-order valence-electron chi connectivity index (χ3n) is 4.98. The molecule has 34 heavy (non-hydrogen) atoms. The standard InChI is InChI=1S/C21H25BrN4O7S/c1-14(21(28)23-2)24(12-15-6-5-7-16(22)10-15)20(27)13-25(34(4,31)32)18-11-17(26(29)30)8-9-19(18)33-3/h5-11,14H,12-13H2,1-4H3,(H,23,28)/t14-/m0/s1. The van der Waals surface area contributed by atoms with E-state index >= 15 is 0 Å². The number of likely N-dealkylation sites (N-methyl/N-ethyl adjacent to an activating group) is 1. The van der Waals surface area contributed by atoms with E-state index in [0.717, 1.165) is 27.2 Å². The van der Waals surface area contributed by atoms with Crippen LogP contribution >= 0.6 is 15.9 Å². The highest BCUT2D eigenvalue weighted by Gasteiger charge is 2.31. The lowest BCUT2D eigenvalue weighted by Gasteiger charge is -2.31. The molecule has 2 rings (SSSR count). The Morgan fingerprint density at radius 3 is 2.44 bits per heavy atom. The molecule has 0 spiro atoms. The molecule has 0 fully saturated rings. The topological polar surface area (TPSA) is 139 Å². The minimum Gasteiger partial charge on any atom is -0.495 e. The molecule has 2 aromatic rings. The molecule has 0 bridgehead atoms. The number of hydrogen-bond acceptors (Lipinski definition) is 7. The Balaban J connectivity index is 2.51. The first-order valence-corrected chi connectivity index (χ1v) is 12.6. The highest BCUT2D eigenvalue weighted by atomic mass is 79.9. The number of amides is 2. The van der Waals surface area contributed by atoms with Crippen molar-refractivity contribution in [2.75, 3.05) is 31.3 Å². The van der Waals surface area contributed by atoms with Crippen LogP contribution in [0.25, 0.3) is 0 Å². The highest BCUT2D eigenvalue weighted by Crippen LogP contribution is 2.33.